The molecule has 28 heavy (non-hydrogen) atoms. The van der Waals surface area contributed by atoms with Crippen molar-refractivity contribution >= 4 is 0 Å². The summed E-state index contributed by atoms with van der Waals surface area (Å²) in [5.41, 5.74) is 9.17. The van der Waals surface area contributed by atoms with Crippen LogP contribution < -0.4 is 21.3 Å². The van der Waals surface area contributed by atoms with Gasteiger partial charge in [-0.3, -0.25) is 4.79 Å². The van der Waals surface area contributed by atoms with E-state index in [1.165, 1.54) is 18.9 Å². The molecule has 5 heteroatoms. The summed E-state index contributed by atoms with van der Waals surface area (Å²) < 4.78 is 7.40. The van der Waals surface area contributed by atoms with Gasteiger partial charge in [0.15, 0.2) is 0 Å². The highest BCUT2D eigenvalue weighted by Gasteiger charge is 2.17. The number of aromatic nitrogens is 1. The summed E-state index contributed by atoms with van der Waals surface area (Å²) >= 11 is 0. The molecule has 2 aromatic rings. The molecular formula is C23H27N3O2. The van der Waals surface area contributed by atoms with Crippen LogP contribution in [0.15, 0.2) is 53.1 Å². The molecule has 1 aliphatic rings. The maximum atomic E-state index is 12.7. The monoisotopic (exact) mass is 377 g/mol. The van der Waals surface area contributed by atoms with Crippen molar-refractivity contribution in [2.24, 2.45) is 11.7 Å². The first kappa shape index (κ1) is 19.6. The lowest BCUT2D eigenvalue weighted by Gasteiger charge is -2.19. The molecule has 5 nitrogen and oxygen atoms in total. The Bertz CT molecular complexity index is 974. The van der Waals surface area contributed by atoms with Crippen molar-refractivity contribution in [1.29, 1.82) is 0 Å². The van der Waals surface area contributed by atoms with Gasteiger partial charge in [-0.15, -0.1) is 0 Å². The van der Waals surface area contributed by atoms with Crippen LogP contribution >= 0.6 is 0 Å². The van der Waals surface area contributed by atoms with E-state index >= 15 is 0 Å². The van der Waals surface area contributed by atoms with Crippen molar-refractivity contribution in [2.45, 2.75) is 32.7 Å². The molecule has 0 spiro atoms. The van der Waals surface area contributed by atoms with Crippen LogP contribution in [0.3, 0.4) is 0 Å². The van der Waals surface area contributed by atoms with Gasteiger partial charge in [0.05, 0.1) is 11.7 Å². The molecule has 1 saturated carbocycles. The van der Waals surface area contributed by atoms with Gasteiger partial charge in [-0.25, -0.2) is 0 Å². The molecule has 0 aliphatic heterocycles. The van der Waals surface area contributed by atoms with Crippen molar-refractivity contribution < 1.29 is 4.74 Å². The number of nitrogens with one attached hydrogen (secondary N) is 1. The third kappa shape index (κ3) is 4.98. The SMILES string of the molecule is CN/C=C(\N)COc1cc(C)n([C@H](C)c2ccc(C#CC3CC3)cc2)c(=O)c1. The predicted molar refractivity (Wildman–Crippen MR) is 112 cm³/mol. The number of benzene rings is 1. The Hall–Kier alpha value is -3.13. The fraction of sp³-hybridized carbons (Fsp3) is 0.348. The average molecular weight is 377 g/mol. The number of nitrogens with zero attached hydrogens (tertiary/aromatic N) is 1. The molecule has 3 N–H and O–H groups in total. The highest BCUT2D eigenvalue weighted by Crippen LogP contribution is 2.27. The van der Waals surface area contributed by atoms with Crippen molar-refractivity contribution in [1.82, 2.24) is 9.88 Å². The average Bonchev–Trinajstić information content (AvgIpc) is 3.49. The molecule has 1 fully saturated rings. The topological polar surface area (TPSA) is 69.3 Å². The fourth-order valence-electron chi connectivity index (χ4n) is 3.06. The lowest BCUT2D eigenvalue weighted by molar-refractivity contribution is 0.347. The minimum Gasteiger partial charge on any atom is -0.487 e. The Morgan fingerprint density at radius 1 is 1.36 bits per heavy atom. The Balaban J connectivity index is 1.76. The minimum absolute atomic E-state index is 0.0822. The standard InChI is InChI=1S/C23H27N3O2/c1-16-12-22(28-15-21(24)14-25-3)13-23(27)26(16)17(2)20-10-8-19(9-11-20)7-6-18-4-5-18/h8-14,17-18,25H,4-5,15,24H2,1-3H3/b21-14-/t17-/m1/s1. The molecule has 0 bridgehead atoms. The van der Waals surface area contributed by atoms with Gasteiger partial charge in [0, 0.05) is 36.5 Å². The Labute approximate surface area is 166 Å². The number of pyridine rings is 1. The zero-order valence-electron chi connectivity index (χ0n) is 16.7. The summed E-state index contributed by atoms with van der Waals surface area (Å²) in [6, 6.07) is 11.4. The molecule has 3 rings (SSSR count). The highest BCUT2D eigenvalue weighted by atomic mass is 16.5. The molecule has 1 aromatic carbocycles. The second kappa shape index (κ2) is 8.71. The van der Waals surface area contributed by atoms with E-state index in [1.54, 1.807) is 17.8 Å². The van der Waals surface area contributed by atoms with Gasteiger partial charge in [-0.2, -0.15) is 0 Å². The first-order chi connectivity index (χ1) is 13.5. The maximum absolute atomic E-state index is 12.7. The molecule has 1 atom stereocenters. The number of rotatable bonds is 6. The van der Waals surface area contributed by atoms with Crippen LogP contribution in [0.1, 0.15) is 42.6 Å². The van der Waals surface area contributed by atoms with Crippen molar-refractivity contribution in [3.63, 3.8) is 0 Å². The first-order valence-corrected chi connectivity index (χ1v) is 9.57. The van der Waals surface area contributed by atoms with Gasteiger partial charge in [0.1, 0.15) is 12.4 Å². The van der Waals surface area contributed by atoms with Crippen LogP contribution in [0.25, 0.3) is 0 Å². The summed E-state index contributed by atoms with van der Waals surface area (Å²) in [6.07, 6.45) is 4.11. The van der Waals surface area contributed by atoms with Crippen LogP contribution in [-0.4, -0.2) is 18.2 Å². The zero-order valence-corrected chi connectivity index (χ0v) is 16.7. The van der Waals surface area contributed by atoms with E-state index in [9.17, 15) is 4.79 Å². The number of hydrogen-bond acceptors (Lipinski definition) is 4. The molecule has 0 amide bonds. The second-order valence-corrected chi connectivity index (χ2v) is 7.18. The van der Waals surface area contributed by atoms with E-state index in [1.807, 2.05) is 44.2 Å². The van der Waals surface area contributed by atoms with Gasteiger partial charge in [-0.1, -0.05) is 24.0 Å². The van der Waals surface area contributed by atoms with Gasteiger partial charge in [0.25, 0.3) is 5.56 Å². The molecule has 0 saturated heterocycles. The second-order valence-electron chi connectivity index (χ2n) is 7.18. The van der Waals surface area contributed by atoms with Gasteiger partial charge in [0.2, 0.25) is 0 Å². The lowest BCUT2D eigenvalue weighted by Crippen LogP contribution is -2.25. The molecule has 0 radical (unpaired) electrons. The van der Waals surface area contributed by atoms with E-state index in [0.717, 1.165) is 16.8 Å². The predicted octanol–water partition coefficient (Wildman–Crippen LogP) is 2.93. The lowest BCUT2D eigenvalue weighted by atomic mass is 10.1. The Morgan fingerprint density at radius 2 is 2.07 bits per heavy atom. The van der Waals surface area contributed by atoms with Crippen molar-refractivity contribution in [2.75, 3.05) is 13.7 Å². The Morgan fingerprint density at radius 3 is 2.68 bits per heavy atom. The molecule has 1 heterocycles. The van der Waals surface area contributed by atoms with E-state index in [0.29, 0.717) is 17.4 Å². The molecule has 0 unspecified atom stereocenters. The van der Waals surface area contributed by atoms with Crippen LogP contribution in [0, 0.1) is 24.7 Å². The molecular weight excluding hydrogens is 350 g/mol. The number of aryl methyl sites for hydroxylation is 1. The van der Waals surface area contributed by atoms with Gasteiger partial charge >= 0.3 is 0 Å². The maximum Gasteiger partial charge on any atom is 0.254 e. The quantitative estimate of drug-likeness (QED) is 0.760. The highest BCUT2D eigenvalue weighted by molar-refractivity contribution is 5.38. The van der Waals surface area contributed by atoms with E-state index in [4.69, 9.17) is 10.5 Å². The molecule has 1 aromatic heterocycles. The third-order valence-electron chi connectivity index (χ3n) is 4.75. The van der Waals surface area contributed by atoms with Crippen LogP contribution in [0.2, 0.25) is 0 Å². The van der Waals surface area contributed by atoms with Crippen LogP contribution in [0.4, 0.5) is 0 Å². The third-order valence-corrected chi connectivity index (χ3v) is 4.75. The summed E-state index contributed by atoms with van der Waals surface area (Å²) in [5, 5.41) is 2.85. The number of hydrogen-bond donors (Lipinski definition) is 2. The van der Waals surface area contributed by atoms with E-state index in [-0.39, 0.29) is 18.2 Å². The van der Waals surface area contributed by atoms with Crippen molar-refractivity contribution in [3.8, 4) is 17.6 Å². The number of nitrogens with two attached hydrogens (primary N) is 1. The summed E-state index contributed by atoms with van der Waals surface area (Å²) in [6.45, 7) is 4.16. The minimum atomic E-state index is -0.101. The van der Waals surface area contributed by atoms with Crippen LogP contribution in [-0.2, 0) is 0 Å². The molecule has 1 aliphatic carbocycles. The number of ether oxygens (including phenoxy) is 1. The van der Waals surface area contributed by atoms with E-state index < -0.39 is 0 Å². The summed E-state index contributed by atoms with van der Waals surface area (Å²) in [4.78, 5) is 12.7. The largest absolute Gasteiger partial charge is 0.487 e. The van der Waals surface area contributed by atoms with E-state index in [2.05, 4.69) is 17.2 Å². The Kier molecular flexibility index (Phi) is 6.10. The normalized spacial score (nSPS) is 14.8. The van der Waals surface area contributed by atoms with Crippen LogP contribution in [0.5, 0.6) is 5.75 Å². The van der Waals surface area contributed by atoms with Gasteiger partial charge in [-0.05, 0) is 50.5 Å². The molecule has 146 valence electrons. The van der Waals surface area contributed by atoms with Gasteiger partial charge < -0.3 is 20.4 Å². The van der Waals surface area contributed by atoms with Crippen molar-refractivity contribution in [3.05, 3.63) is 75.5 Å². The summed E-state index contributed by atoms with van der Waals surface area (Å²) in [7, 11) is 1.77. The first-order valence-electron chi connectivity index (χ1n) is 9.57. The zero-order chi connectivity index (χ0) is 20.1. The fourth-order valence-corrected chi connectivity index (χ4v) is 3.06. The summed E-state index contributed by atoms with van der Waals surface area (Å²) in [5.74, 6) is 7.60. The smallest absolute Gasteiger partial charge is 0.254 e.